The summed E-state index contributed by atoms with van der Waals surface area (Å²) in [4.78, 5) is 18.5. The zero-order chi connectivity index (χ0) is 39.4. The Bertz CT molecular complexity index is 2720. The second kappa shape index (κ2) is 15.9. The number of aromatic amines is 4. The molecule has 0 spiro atoms. The van der Waals surface area contributed by atoms with Crippen molar-refractivity contribution in [3.63, 3.8) is 0 Å². The number of H-pyrrole nitrogens is 4. The maximum Gasteiger partial charge on any atom is 0.315 e. The number of rotatable bonds is 14. The van der Waals surface area contributed by atoms with E-state index in [0.717, 1.165) is 80.5 Å². The fraction of sp³-hybridized carbons (Fsp3) is 0.256. The summed E-state index contributed by atoms with van der Waals surface area (Å²) in [5, 5.41) is 54.4. The number of fused-ring (bicyclic) bond motifs is 2. The van der Waals surface area contributed by atoms with Crippen LogP contribution in [0.4, 0.5) is 28.1 Å². The molecule has 2 aromatic carbocycles. The number of benzene rings is 2. The second-order valence-electron chi connectivity index (χ2n) is 14.3. The summed E-state index contributed by atoms with van der Waals surface area (Å²) in [5.74, 6) is 4.07. The van der Waals surface area contributed by atoms with Crippen molar-refractivity contribution in [1.29, 1.82) is 0 Å². The fourth-order valence-corrected chi connectivity index (χ4v) is 6.77. The van der Waals surface area contributed by atoms with Gasteiger partial charge in [0.25, 0.3) is 5.89 Å². The third kappa shape index (κ3) is 8.32. The van der Waals surface area contributed by atoms with E-state index >= 15 is 0 Å². The lowest BCUT2D eigenvalue weighted by Gasteiger charge is -2.15. The van der Waals surface area contributed by atoms with Crippen molar-refractivity contribution >= 4 is 62.3 Å². The van der Waals surface area contributed by atoms with Crippen molar-refractivity contribution in [2.24, 2.45) is 0 Å². The highest BCUT2D eigenvalue weighted by Crippen LogP contribution is 2.30. The lowest BCUT2D eigenvalue weighted by molar-refractivity contribution is 0.163. The molecule has 0 unspecified atom stereocenters. The van der Waals surface area contributed by atoms with Crippen molar-refractivity contribution in [3.05, 3.63) is 107 Å². The Morgan fingerprint density at radius 2 is 1.50 bits per heavy atom. The quantitative estimate of drug-likeness (QED) is 0.0610. The molecule has 0 saturated heterocycles. The third-order valence-electron chi connectivity index (χ3n) is 9.65. The predicted octanol–water partition coefficient (Wildman–Crippen LogP) is 6.23. The number of carbonyl (C=O) groups is 1. The van der Waals surface area contributed by atoms with Gasteiger partial charge in [-0.3, -0.25) is 10.2 Å². The summed E-state index contributed by atoms with van der Waals surface area (Å²) in [5.41, 5.74) is 7.62. The van der Waals surface area contributed by atoms with Gasteiger partial charge in [-0.25, -0.2) is 4.79 Å². The van der Waals surface area contributed by atoms with E-state index in [0.29, 0.717) is 54.7 Å². The standard InChI is InChI=1S/C39H40N16O3/c1-21(2)43-39(56)40-17-22-3-5-23(6-4-22)35-47-38(55-52-35)45-29-13-25(34-27(15-29)19-42-51-34)16-32-49-50-33(58-32)20-57-30-10-7-24(8-11-30)36-46-37(54-53-36)44-28-9-12-31-26(14-28)18-41-48-31/h3,5,7,9-10,12-15,18-19,21H,4,6,8,11,16-17,20H2,1-2H3,(H,41,48)(H,42,51)(H2,40,43,56)(H2,44,46,53,54)(H2,45,47,52,55). The second-order valence-corrected chi connectivity index (χ2v) is 14.3. The van der Waals surface area contributed by atoms with Crippen molar-refractivity contribution in [2.75, 3.05) is 17.2 Å². The molecule has 5 heterocycles. The number of urea groups is 1. The van der Waals surface area contributed by atoms with Crippen molar-refractivity contribution in [3.8, 4) is 0 Å². The molecule has 0 atom stereocenters. The minimum absolute atomic E-state index is 0.0847. The molecule has 0 aliphatic heterocycles. The van der Waals surface area contributed by atoms with Crippen LogP contribution in [-0.2, 0) is 17.8 Å². The Morgan fingerprint density at radius 1 is 0.776 bits per heavy atom. The van der Waals surface area contributed by atoms with Gasteiger partial charge in [-0.15, -0.1) is 30.6 Å². The van der Waals surface area contributed by atoms with E-state index in [9.17, 15) is 4.79 Å². The van der Waals surface area contributed by atoms with Gasteiger partial charge in [-0.05, 0) is 86.2 Å². The molecule has 2 amide bonds. The van der Waals surface area contributed by atoms with Gasteiger partial charge in [0, 0.05) is 41.2 Å². The van der Waals surface area contributed by atoms with Crippen LogP contribution in [0.15, 0.2) is 82.8 Å². The number of nitrogens with one attached hydrogen (secondary N) is 8. The first-order valence-corrected chi connectivity index (χ1v) is 18.9. The summed E-state index contributed by atoms with van der Waals surface area (Å²) in [6.07, 6.45) is 14.9. The van der Waals surface area contributed by atoms with Gasteiger partial charge in [0.15, 0.2) is 18.3 Å². The van der Waals surface area contributed by atoms with Gasteiger partial charge < -0.3 is 40.4 Å². The summed E-state index contributed by atoms with van der Waals surface area (Å²) in [6.45, 7) is 4.50. The molecule has 0 saturated carbocycles. The minimum atomic E-state index is -0.170. The third-order valence-corrected chi connectivity index (χ3v) is 9.65. The number of amides is 2. The molecule has 19 heteroatoms. The average molecular weight is 781 g/mol. The molecule has 8 N–H and O–H groups in total. The van der Waals surface area contributed by atoms with Crippen LogP contribution in [-0.4, -0.2) is 79.6 Å². The SMILES string of the molecule is CC(C)NC(=O)NCC1=CC=C(c2nnc(Nc3cc(Cc4nnc(COC5=CC=C(c6nnc(Nc7ccc8[nH]ncc8c7)[nH]6)CC5)o4)c4[nH]ncc4c3)[nH]2)CC1. The maximum absolute atomic E-state index is 11.9. The van der Waals surface area contributed by atoms with Gasteiger partial charge in [0.2, 0.25) is 17.8 Å². The molecule has 58 heavy (non-hydrogen) atoms. The molecule has 7 aromatic rings. The van der Waals surface area contributed by atoms with Gasteiger partial charge in [-0.1, -0.05) is 23.8 Å². The topological polar surface area (TPSA) is 254 Å². The molecule has 19 nitrogen and oxygen atoms in total. The van der Waals surface area contributed by atoms with Crippen molar-refractivity contribution in [1.82, 2.24) is 71.6 Å². The molecule has 2 aliphatic rings. The van der Waals surface area contributed by atoms with Crippen LogP contribution in [0.3, 0.4) is 0 Å². The first-order chi connectivity index (χ1) is 28.4. The average Bonchev–Trinajstić information content (AvgIpc) is 4.08. The zero-order valence-electron chi connectivity index (χ0n) is 31.7. The normalized spacial score (nSPS) is 14.3. The molecule has 0 bridgehead atoms. The number of anilines is 4. The molecule has 5 aromatic heterocycles. The first kappa shape index (κ1) is 36.1. The van der Waals surface area contributed by atoms with Crippen molar-refractivity contribution < 1.29 is 13.9 Å². The zero-order valence-corrected chi connectivity index (χ0v) is 31.7. The molecular formula is C39H40N16O3. The Morgan fingerprint density at radius 3 is 2.26 bits per heavy atom. The van der Waals surface area contributed by atoms with Crippen LogP contribution in [0.2, 0.25) is 0 Å². The molecule has 2 aliphatic carbocycles. The number of nitrogens with zero attached hydrogens (tertiary/aromatic N) is 8. The number of allylic oxidation sites excluding steroid dienone is 7. The first-order valence-electron chi connectivity index (χ1n) is 18.9. The minimum Gasteiger partial charge on any atom is -0.488 e. The summed E-state index contributed by atoms with van der Waals surface area (Å²) < 4.78 is 12.0. The number of carbonyl (C=O) groups excluding carboxylic acids is 1. The van der Waals surface area contributed by atoms with E-state index in [4.69, 9.17) is 9.15 Å². The van der Waals surface area contributed by atoms with E-state index in [2.05, 4.69) is 82.2 Å². The van der Waals surface area contributed by atoms with Gasteiger partial charge in [0.05, 0.1) is 35.6 Å². The van der Waals surface area contributed by atoms with Crippen molar-refractivity contribution in [2.45, 2.75) is 58.6 Å². The van der Waals surface area contributed by atoms with Crippen LogP contribution in [0.5, 0.6) is 0 Å². The number of aromatic nitrogens is 12. The summed E-state index contributed by atoms with van der Waals surface area (Å²) >= 11 is 0. The van der Waals surface area contributed by atoms with Crippen LogP contribution in [0.1, 0.15) is 68.5 Å². The summed E-state index contributed by atoms with van der Waals surface area (Å²) in [7, 11) is 0. The fourth-order valence-electron chi connectivity index (χ4n) is 6.77. The molecule has 9 rings (SSSR count). The van der Waals surface area contributed by atoms with E-state index in [1.807, 2.05) is 68.5 Å². The molecule has 294 valence electrons. The highest BCUT2D eigenvalue weighted by Gasteiger charge is 2.18. The Hall–Kier alpha value is -7.57. The van der Waals surface area contributed by atoms with Gasteiger partial charge >= 0.3 is 6.03 Å². The van der Waals surface area contributed by atoms with Gasteiger partial charge in [0.1, 0.15) is 0 Å². The van der Waals surface area contributed by atoms with Crippen LogP contribution in [0.25, 0.3) is 33.0 Å². The highest BCUT2D eigenvalue weighted by atomic mass is 16.5. The Balaban J connectivity index is 0.792. The van der Waals surface area contributed by atoms with E-state index in [-0.39, 0.29) is 18.7 Å². The van der Waals surface area contributed by atoms with Gasteiger partial charge in [-0.2, -0.15) is 10.2 Å². The van der Waals surface area contributed by atoms with Crippen LogP contribution >= 0.6 is 0 Å². The molecule has 0 fully saturated rings. The molecule has 0 radical (unpaired) electrons. The molecular weight excluding hydrogens is 741 g/mol. The number of ether oxygens (including phenoxy) is 1. The van der Waals surface area contributed by atoms with E-state index in [1.54, 1.807) is 12.4 Å². The Kier molecular flexibility index (Phi) is 9.88. The smallest absolute Gasteiger partial charge is 0.315 e. The van der Waals surface area contributed by atoms with E-state index in [1.165, 1.54) is 0 Å². The summed E-state index contributed by atoms with van der Waals surface area (Å²) in [6, 6.07) is 9.79. The largest absolute Gasteiger partial charge is 0.488 e. The number of hydrogen-bond acceptors (Lipinski definition) is 13. The van der Waals surface area contributed by atoms with Crippen LogP contribution in [0, 0.1) is 0 Å². The highest BCUT2D eigenvalue weighted by molar-refractivity contribution is 5.86. The lowest BCUT2D eigenvalue weighted by Crippen LogP contribution is -2.40. The monoisotopic (exact) mass is 780 g/mol. The lowest BCUT2D eigenvalue weighted by atomic mass is 9.98. The van der Waals surface area contributed by atoms with E-state index < -0.39 is 0 Å². The predicted molar refractivity (Wildman–Crippen MR) is 216 cm³/mol. The number of hydrogen-bond donors (Lipinski definition) is 8. The maximum atomic E-state index is 11.9. The van der Waals surface area contributed by atoms with Crippen LogP contribution < -0.4 is 21.3 Å². The Labute approximate surface area is 330 Å².